The molecule has 0 aromatic carbocycles. The van der Waals surface area contributed by atoms with E-state index in [1.165, 1.54) is 25.9 Å². The lowest BCUT2D eigenvalue weighted by Gasteiger charge is -2.45. The van der Waals surface area contributed by atoms with Gasteiger partial charge in [-0.25, -0.2) is 9.97 Å². The van der Waals surface area contributed by atoms with Gasteiger partial charge in [0.25, 0.3) is 0 Å². The molecule has 0 spiro atoms. The monoisotopic (exact) mass is 336 g/mol. The average molecular weight is 336 g/mol. The molecule has 1 atom stereocenters. The molecule has 0 saturated carbocycles. The molecule has 3 aliphatic rings. The van der Waals surface area contributed by atoms with Crippen LogP contribution in [-0.2, 0) is 0 Å². The Morgan fingerprint density at radius 3 is 2.72 bits per heavy atom. The van der Waals surface area contributed by atoms with Crippen molar-refractivity contribution in [1.82, 2.24) is 14.9 Å². The molecule has 5 rings (SSSR count). The van der Waals surface area contributed by atoms with Crippen molar-refractivity contribution in [3.05, 3.63) is 24.0 Å². The minimum absolute atomic E-state index is 0.246. The normalized spacial score (nSPS) is 25.1. The highest BCUT2D eigenvalue weighted by Crippen LogP contribution is 2.31. The second-order valence-corrected chi connectivity index (χ2v) is 7.45. The molecule has 25 heavy (non-hydrogen) atoms. The van der Waals surface area contributed by atoms with Crippen molar-refractivity contribution in [2.75, 3.05) is 30.3 Å². The molecule has 2 aromatic heterocycles. The van der Waals surface area contributed by atoms with Gasteiger partial charge >= 0.3 is 0 Å². The Hall–Kier alpha value is -2.39. The van der Waals surface area contributed by atoms with Gasteiger partial charge in [-0.2, -0.15) is 5.26 Å². The molecule has 2 bridgehead atoms. The number of rotatable bonds is 4. The highest BCUT2D eigenvalue weighted by Gasteiger charge is 2.34. The van der Waals surface area contributed by atoms with Crippen LogP contribution in [0.4, 0.5) is 11.6 Å². The zero-order chi connectivity index (χ0) is 17.4. The first kappa shape index (κ1) is 16.1. The number of nitrogens with zero attached hydrogens (tertiary/aromatic N) is 4. The van der Waals surface area contributed by atoms with Crippen LogP contribution in [0.3, 0.4) is 0 Å². The van der Waals surface area contributed by atoms with Gasteiger partial charge in [-0.05, 0) is 57.8 Å². The molecule has 3 fully saturated rings. The van der Waals surface area contributed by atoms with Gasteiger partial charge in [0.15, 0.2) is 0 Å². The summed E-state index contributed by atoms with van der Waals surface area (Å²) in [7, 11) is 0. The van der Waals surface area contributed by atoms with Crippen LogP contribution >= 0.6 is 0 Å². The number of anilines is 2. The van der Waals surface area contributed by atoms with Gasteiger partial charge in [0.05, 0.1) is 0 Å². The van der Waals surface area contributed by atoms with Gasteiger partial charge in [-0.3, -0.25) is 0 Å². The molecular weight excluding hydrogens is 312 g/mol. The van der Waals surface area contributed by atoms with Gasteiger partial charge < -0.3 is 15.5 Å². The highest BCUT2D eigenvalue weighted by atomic mass is 15.2. The van der Waals surface area contributed by atoms with Gasteiger partial charge in [-0.1, -0.05) is 0 Å². The number of piperidine rings is 3. The van der Waals surface area contributed by atoms with Crippen molar-refractivity contribution in [3.63, 3.8) is 0 Å². The fourth-order valence-electron chi connectivity index (χ4n) is 3.98. The van der Waals surface area contributed by atoms with Crippen LogP contribution in [0.2, 0.25) is 0 Å². The first-order valence-electron chi connectivity index (χ1n) is 9.08. The summed E-state index contributed by atoms with van der Waals surface area (Å²) in [4.78, 5) is 11.6. The van der Waals surface area contributed by atoms with Gasteiger partial charge in [-0.15, -0.1) is 0 Å². The fraction of sp³-hybridized carbons (Fsp3) is 0.526. The quantitative estimate of drug-likeness (QED) is 0.894. The Morgan fingerprint density at radius 1 is 1.28 bits per heavy atom. The maximum Gasteiger partial charge on any atom is 0.143 e. The smallest absolute Gasteiger partial charge is 0.143 e. The van der Waals surface area contributed by atoms with Crippen molar-refractivity contribution >= 4 is 22.4 Å². The van der Waals surface area contributed by atoms with Crippen LogP contribution < -0.4 is 10.6 Å². The Labute approximate surface area is 148 Å². The number of hydrogen-bond donors (Lipinski definition) is 2. The van der Waals surface area contributed by atoms with E-state index in [9.17, 15) is 5.26 Å². The van der Waals surface area contributed by atoms with Crippen molar-refractivity contribution in [2.24, 2.45) is 5.92 Å². The standard InChI is InChI=1S/C19H24N6/c1-12(2)22-19-16-8-18(21-10-14(16)7-15(9-20)23-19)24-17-11-25-5-3-13(17)4-6-25/h7-8,10,12-13,17H,3-6,11H2,1-2H3,(H,21,24)(H,22,23)/t17-/m1/s1. The molecule has 5 heterocycles. The summed E-state index contributed by atoms with van der Waals surface area (Å²) in [6.07, 6.45) is 4.39. The van der Waals surface area contributed by atoms with E-state index in [4.69, 9.17) is 0 Å². The largest absolute Gasteiger partial charge is 0.367 e. The summed E-state index contributed by atoms with van der Waals surface area (Å²) in [6.45, 7) is 7.71. The van der Waals surface area contributed by atoms with E-state index in [2.05, 4.69) is 51.5 Å². The molecule has 3 aliphatic heterocycles. The van der Waals surface area contributed by atoms with Crippen LogP contribution in [0.5, 0.6) is 0 Å². The first-order chi connectivity index (χ1) is 12.1. The topological polar surface area (TPSA) is 76.9 Å². The maximum absolute atomic E-state index is 9.21. The molecular formula is C19H24N6. The molecule has 6 nitrogen and oxygen atoms in total. The third-order valence-corrected chi connectivity index (χ3v) is 5.24. The Kier molecular flexibility index (Phi) is 4.18. The third kappa shape index (κ3) is 3.24. The summed E-state index contributed by atoms with van der Waals surface area (Å²) in [6, 6.07) is 6.71. The predicted octanol–water partition coefficient (Wildman–Crippen LogP) is 2.83. The summed E-state index contributed by atoms with van der Waals surface area (Å²) in [5.41, 5.74) is 0.413. The van der Waals surface area contributed by atoms with E-state index < -0.39 is 0 Å². The van der Waals surface area contributed by atoms with Crippen LogP contribution in [0.25, 0.3) is 10.8 Å². The molecule has 0 aliphatic carbocycles. The van der Waals surface area contributed by atoms with E-state index in [1.807, 2.05) is 6.20 Å². The van der Waals surface area contributed by atoms with Gasteiger partial charge in [0, 0.05) is 35.6 Å². The molecule has 0 amide bonds. The number of nitrogens with one attached hydrogen (secondary N) is 2. The lowest BCUT2D eigenvalue weighted by atomic mass is 9.84. The zero-order valence-electron chi connectivity index (χ0n) is 14.8. The SMILES string of the molecule is CC(C)Nc1nc(C#N)cc2cnc(N[C@@H]3CN4CCC3CC4)cc12. The highest BCUT2D eigenvalue weighted by molar-refractivity contribution is 5.93. The third-order valence-electron chi connectivity index (χ3n) is 5.24. The maximum atomic E-state index is 9.21. The first-order valence-corrected chi connectivity index (χ1v) is 9.08. The lowest BCUT2D eigenvalue weighted by molar-refractivity contribution is 0.0974. The summed E-state index contributed by atoms with van der Waals surface area (Å²) >= 11 is 0. The van der Waals surface area contributed by atoms with E-state index in [-0.39, 0.29) is 6.04 Å². The molecule has 130 valence electrons. The molecule has 0 unspecified atom stereocenters. The van der Waals surface area contributed by atoms with Crippen molar-refractivity contribution < 1.29 is 0 Å². The summed E-state index contributed by atoms with van der Waals surface area (Å²) in [5, 5.41) is 18.1. The van der Waals surface area contributed by atoms with Crippen molar-refractivity contribution in [3.8, 4) is 6.07 Å². The summed E-state index contributed by atoms with van der Waals surface area (Å²) < 4.78 is 0. The second kappa shape index (κ2) is 6.49. The number of fused-ring (bicyclic) bond motifs is 4. The van der Waals surface area contributed by atoms with Crippen molar-refractivity contribution in [1.29, 1.82) is 5.26 Å². The van der Waals surface area contributed by atoms with Crippen LogP contribution in [-0.4, -0.2) is 46.6 Å². The Balaban J connectivity index is 1.65. The molecule has 6 heteroatoms. The lowest BCUT2D eigenvalue weighted by Crippen LogP contribution is -2.53. The number of nitriles is 1. The number of pyridine rings is 2. The van der Waals surface area contributed by atoms with E-state index >= 15 is 0 Å². The second-order valence-electron chi connectivity index (χ2n) is 7.45. The molecule has 2 N–H and O–H groups in total. The minimum atomic E-state index is 0.246. The van der Waals surface area contributed by atoms with E-state index in [1.54, 1.807) is 6.07 Å². The van der Waals surface area contributed by atoms with Gasteiger partial charge in [0.2, 0.25) is 0 Å². The average Bonchev–Trinajstić information content (AvgIpc) is 2.62. The van der Waals surface area contributed by atoms with Crippen molar-refractivity contribution in [2.45, 2.75) is 38.8 Å². The van der Waals surface area contributed by atoms with Gasteiger partial charge in [0.1, 0.15) is 23.4 Å². The van der Waals surface area contributed by atoms with Crippen LogP contribution in [0.15, 0.2) is 18.3 Å². The minimum Gasteiger partial charge on any atom is -0.367 e. The predicted molar refractivity (Wildman–Crippen MR) is 99.6 cm³/mol. The van der Waals surface area contributed by atoms with E-state index in [0.29, 0.717) is 11.7 Å². The number of hydrogen-bond acceptors (Lipinski definition) is 6. The Bertz CT molecular complexity index is 817. The van der Waals surface area contributed by atoms with E-state index in [0.717, 1.165) is 34.9 Å². The molecule has 2 aromatic rings. The molecule has 3 saturated heterocycles. The summed E-state index contributed by atoms with van der Waals surface area (Å²) in [5.74, 6) is 2.39. The fourth-order valence-corrected chi connectivity index (χ4v) is 3.98. The van der Waals surface area contributed by atoms with Crippen LogP contribution in [0, 0.1) is 17.2 Å². The zero-order valence-corrected chi connectivity index (χ0v) is 14.8. The van der Waals surface area contributed by atoms with Crippen LogP contribution in [0.1, 0.15) is 32.4 Å². The number of aromatic nitrogens is 2. The Morgan fingerprint density at radius 2 is 2.08 bits per heavy atom. The molecule has 0 radical (unpaired) electrons.